The molecule has 0 bridgehead atoms. The van der Waals surface area contributed by atoms with Crippen LogP contribution in [0.2, 0.25) is 10.0 Å². The van der Waals surface area contributed by atoms with Gasteiger partial charge >= 0.3 is 0 Å². The first-order valence-electron chi connectivity index (χ1n) is 9.80. The highest BCUT2D eigenvalue weighted by Gasteiger charge is 2.27. The van der Waals surface area contributed by atoms with Crippen molar-refractivity contribution in [1.29, 1.82) is 0 Å². The summed E-state index contributed by atoms with van der Waals surface area (Å²) in [4.78, 5) is 27.5. The van der Waals surface area contributed by atoms with Gasteiger partial charge in [0.25, 0.3) is 0 Å². The maximum absolute atomic E-state index is 13.2. The third-order valence-electron chi connectivity index (χ3n) is 4.96. The van der Waals surface area contributed by atoms with Crippen LogP contribution < -0.4 is 5.32 Å². The van der Waals surface area contributed by atoms with Crippen LogP contribution in [0.25, 0.3) is 0 Å². The lowest BCUT2D eigenvalue weighted by Gasteiger charge is -2.30. The molecule has 2 aromatic rings. The summed E-state index contributed by atoms with van der Waals surface area (Å²) in [5.41, 5.74) is 2.76. The Morgan fingerprint density at radius 1 is 1.10 bits per heavy atom. The highest BCUT2D eigenvalue weighted by molar-refractivity contribution is 6.35. The summed E-state index contributed by atoms with van der Waals surface area (Å²) in [5.74, 6) is -0.329. The molecule has 4 nitrogen and oxygen atoms in total. The largest absolute Gasteiger partial charge is 0.352 e. The number of nitrogens with zero attached hydrogens (tertiary/aromatic N) is 1. The van der Waals surface area contributed by atoms with E-state index in [0.29, 0.717) is 22.2 Å². The van der Waals surface area contributed by atoms with E-state index in [-0.39, 0.29) is 24.3 Å². The van der Waals surface area contributed by atoms with E-state index in [9.17, 15) is 9.59 Å². The zero-order chi connectivity index (χ0) is 21.6. The van der Waals surface area contributed by atoms with Crippen LogP contribution >= 0.6 is 23.2 Å². The Labute approximate surface area is 183 Å². The minimum absolute atomic E-state index is 0.0478. The second-order valence-corrected chi connectivity index (χ2v) is 8.26. The molecule has 0 fully saturated rings. The quantitative estimate of drug-likeness (QED) is 0.622. The maximum Gasteiger partial charge on any atom is 0.242 e. The number of carbonyl (C=O) groups excluding carboxylic acids is 2. The molecule has 156 valence electrons. The molecule has 0 heterocycles. The third-order valence-corrected chi connectivity index (χ3v) is 5.55. The Hall–Kier alpha value is -2.04. The molecule has 0 aliphatic rings. The Kier molecular flexibility index (Phi) is 8.54. The zero-order valence-corrected chi connectivity index (χ0v) is 18.8. The van der Waals surface area contributed by atoms with E-state index in [4.69, 9.17) is 23.2 Å². The van der Waals surface area contributed by atoms with Gasteiger partial charge in [-0.05, 0) is 50.5 Å². The lowest BCUT2D eigenvalue weighted by atomic mass is 10.1. The van der Waals surface area contributed by atoms with E-state index in [1.807, 2.05) is 45.0 Å². The first-order valence-corrected chi connectivity index (χ1v) is 10.6. The minimum Gasteiger partial charge on any atom is -0.352 e. The summed E-state index contributed by atoms with van der Waals surface area (Å²) in [5, 5.41) is 3.93. The van der Waals surface area contributed by atoms with Gasteiger partial charge in [0.2, 0.25) is 11.8 Å². The highest BCUT2D eigenvalue weighted by Crippen LogP contribution is 2.23. The molecule has 2 amide bonds. The van der Waals surface area contributed by atoms with Crippen molar-refractivity contribution < 1.29 is 9.59 Å². The van der Waals surface area contributed by atoms with Gasteiger partial charge in [0, 0.05) is 22.6 Å². The van der Waals surface area contributed by atoms with E-state index >= 15 is 0 Å². The monoisotopic (exact) mass is 434 g/mol. The van der Waals surface area contributed by atoms with Gasteiger partial charge in [-0.25, -0.2) is 0 Å². The number of nitrogens with one attached hydrogen (secondary N) is 1. The van der Waals surface area contributed by atoms with Crippen molar-refractivity contribution in [1.82, 2.24) is 10.2 Å². The van der Waals surface area contributed by atoms with Crippen LogP contribution in [0.15, 0.2) is 42.5 Å². The number of hydrogen-bond donors (Lipinski definition) is 1. The van der Waals surface area contributed by atoms with Crippen molar-refractivity contribution in [3.63, 3.8) is 0 Å². The number of hydrogen-bond acceptors (Lipinski definition) is 2. The third kappa shape index (κ3) is 6.76. The summed E-state index contributed by atoms with van der Waals surface area (Å²) < 4.78 is 0. The first-order chi connectivity index (χ1) is 13.7. The SMILES string of the molecule is CC[C@@H](C)NC(=O)[C@H](C)N(Cc1cccc(C)c1)C(=O)Cc1ccc(Cl)cc1Cl. The van der Waals surface area contributed by atoms with Crippen LogP contribution in [-0.2, 0) is 22.6 Å². The Morgan fingerprint density at radius 2 is 1.83 bits per heavy atom. The molecule has 0 aromatic heterocycles. The van der Waals surface area contributed by atoms with Gasteiger partial charge < -0.3 is 10.2 Å². The van der Waals surface area contributed by atoms with Crippen molar-refractivity contribution in [3.8, 4) is 0 Å². The molecular weight excluding hydrogens is 407 g/mol. The average molecular weight is 435 g/mol. The molecule has 29 heavy (non-hydrogen) atoms. The summed E-state index contributed by atoms with van der Waals surface area (Å²) in [6.45, 7) is 8.07. The van der Waals surface area contributed by atoms with Crippen LogP contribution in [0.3, 0.4) is 0 Å². The molecule has 0 saturated carbocycles. The summed E-state index contributed by atoms with van der Waals surface area (Å²) in [6, 6.07) is 12.5. The summed E-state index contributed by atoms with van der Waals surface area (Å²) >= 11 is 12.2. The van der Waals surface area contributed by atoms with Crippen molar-refractivity contribution in [2.45, 2.75) is 59.2 Å². The number of benzene rings is 2. The van der Waals surface area contributed by atoms with Gasteiger partial charge in [-0.1, -0.05) is 66.0 Å². The molecule has 2 atom stereocenters. The number of halogens is 2. The topological polar surface area (TPSA) is 49.4 Å². The van der Waals surface area contributed by atoms with Gasteiger partial charge in [0.05, 0.1) is 6.42 Å². The Balaban J connectivity index is 2.26. The number of rotatable bonds is 8. The van der Waals surface area contributed by atoms with Gasteiger partial charge in [0.15, 0.2) is 0 Å². The second-order valence-electron chi connectivity index (χ2n) is 7.42. The summed E-state index contributed by atoms with van der Waals surface area (Å²) in [7, 11) is 0. The van der Waals surface area contributed by atoms with Crippen LogP contribution in [0.5, 0.6) is 0 Å². The van der Waals surface area contributed by atoms with E-state index in [1.54, 1.807) is 30.0 Å². The van der Waals surface area contributed by atoms with Crippen LogP contribution in [0, 0.1) is 6.92 Å². The smallest absolute Gasteiger partial charge is 0.242 e. The van der Waals surface area contributed by atoms with Gasteiger partial charge in [0.1, 0.15) is 6.04 Å². The van der Waals surface area contributed by atoms with Crippen molar-refractivity contribution >= 4 is 35.0 Å². The molecule has 0 radical (unpaired) electrons. The maximum atomic E-state index is 13.2. The molecule has 0 aliphatic heterocycles. The van der Waals surface area contributed by atoms with Crippen LogP contribution in [0.1, 0.15) is 43.9 Å². The molecular formula is C23H28Cl2N2O2. The molecule has 6 heteroatoms. The standard InChI is InChI=1S/C23H28Cl2N2O2/c1-5-16(3)26-23(29)17(4)27(14-18-8-6-7-15(2)11-18)22(28)12-19-9-10-20(24)13-21(19)25/h6-11,13,16-17H,5,12,14H2,1-4H3,(H,26,29)/t16-,17+/m1/s1. The molecule has 1 N–H and O–H groups in total. The fourth-order valence-electron chi connectivity index (χ4n) is 2.98. The van der Waals surface area contributed by atoms with Gasteiger partial charge in [-0.15, -0.1) is 0 Å². The lowest BCUT2D eigenvalue weighted by molar-refractivity contribution is -0.140. The zero-order valence-electron chi connectivity index (χ0n) is 17.3. The number of carbonyl (C=O) groups is 2. The fourth-order valence-corrected chi connectivity index (χ4v) is 3.46. The predicted octanol–water partition coefficient (Wildman–Crippen LogP) is 5.18. The first kappa shape index (κ1) is 23.2. The van der Waals surface area contributed by atoms with Gasteiger partial charge in [-0.2, -0.15) is 0 Å². The van der Waals surface area contributed by atoms with E-state index < -0.39 is 6.04 Å². The Bertz CT molecular complexity index is 870. The minimum atomic E-state index is -0.608. The van der Waals surface area contributed by atoms with Gasteiger partial charge in [-0.3, -0.25) is 9.59 Å². The number of aryl methyl sites for hydroxylation is 1. The second kappa shape index (κ2) is 10.7. The number of amides is 2. The molecule has 0 unspecified atom stereocenters. The molecule has 0 spiro atoms. The normalized spacial score (nSPS) is 12.9. The lowest BCUT2D eigenvalue weighted by Crippen LogP contribution is -2.49. The predicted molar refractivity (Wildman–Crippen MR) is 119 cm³/mol. The summed E-state index contributed by atoms with van der Waals surface area (Å²) in [6.07, 6.45) is 0.924. The van der Waals surface area contributed by atoms with Crippen molar-refractivity contribution in [3.05, 3.63) is 69.2 Å². The fraction of sp³-hybridized carbons (Fsp3) is 0.391. The molecule has 0 saturated heterocycles. The van der Waals surface area contributed by atoms with Crippen molar-refractivity contribution in [2.75, 3.05) is 0 Å². The van der Waals surface area contributed by atoms with E-state index in [1.165, 1.54) is 0 Å². The molecule has 2 aromatic carbocycles. The van der Waals surface area contributed by atoms with E-state index in [2.05, 4.69) is 5.32 Å². The van der Waals surface area contributed by atoms with E-state index in [0.717, 1.165) is 17.5 Å². The van der Waals surface area contributed by atoms with Crippen molar-refractivity contribution in [2.24, 2.45) is 0 Å². The average Bonchev–Trinajstić information content (AvgIpc) is 2.67. The molecule has 2 rings (SSSR count). The molecule has 0 aliphatic carbocycles. The highest BCUT2D eigenvalue weighted by atomic mass is 35.5. The Morgan fingerprint density at radius 3 is 2.45 bits per heavy atom. The van der Waals surface area contributed by atoms with Crippen LogP contribution in [0.4, 0.5) is 0 Å². The van der Waals surface area contributed by atoms with Crippen LogP contribution in [-0.4, -0.2) is 28.8 Å².